The molecule has 2 aliphatic carbocycles. The van der Waals surface area contributed by atoms with Crippen molar-refractivity contribution in [1.29, 1.82) is 0 Å². The van der Waals surface area contributed by atoms with E-state index in [1.807, 2.05) is 12.2 Å². The number of benzene rings is 1. The molecule has 1 heterocycles. The lowest BCUT2D eigenvalue weighted by Gasteiger charge is -2.17. The molecule has 2 bridgehead atoms. The lowest BCUT2D eigenvalue weighted by molar-refractivity contribution is -0.140. The van der Waals surface area contributed by atoms with Gasteiger partial charge in [-0.05, 0) is 30.4 Å². The molecular formula is C18H18N2O4. The maximum atomic E-state index is 12.5. The van der Waals surface area contributed by atoms with Crippen LogP contribution in [-0.2, 0) is 14.4 Å². The van der Waals surface area contributed by atoms with Crippen molar-refractivity contribution >= 4 is 23.4 Å². The number of phenolic OH excluding ortho intramolecular Hbond substituents is 1. The summed E-state index contributed by atoms with van der Waals surface area (Å²) in [6.07, 6.45) is 5.01. The Morgan fingerprint density at radius 2 is 1.75 bits per heavy atom. The third-order valence-electron chi connectivity index (χ3n) is 5.30. The van der Waals surface area contributed by atoms with Gasteiger partial charge >= 0.3 is 0 Å². The third-order valence-corrected chi connectivity index (χ3v) is 5.30. The van der Waals surface area contributed by atoms with E-state index in [9.17, 15) is 19.5 Å². The van der Waals surface area contributed by atoms with Gasteiger partial charge in [0.25, 0.3) is 0 Å². The van der Waals surface area contributed by atoms with E-state index in [2.05, 4.69) is 5.32 Å². The van der Waals surface area contributed by atoms with Gasteiger partial charge in [0.05, 0.1) is 17.5 Å². The number of rotatable bonds is 4. The van der Waals surface area contributed by atoms with Crippen molar-refractivity contribution < 1.29 is 19.5 Å². The van der Waals surface area contributed by atoms with E-state index < -0.39 is 0 Å². The molecule has 2 fully saturated rings. The number of anilines is 1. The lowest BCUT2D eigenvalue weighted by Crippen LogP contribution is -2.35. The van der Waals surface area contributed by atoms with Crippen LogP contribution in [0.15, 0.2) is 36.4 Å². The van der Waals surface area contributed by atoms with E-state index in [4.69, 9.17) is 0 Å². The van der Waals surface area contributed by atoms with E-state index in [0.29, 0.717) is 5.69 Å². The Bertz CT molecular complexity index is 727. The standard InChI is InChI=1S/C18H18N2O4/c21-13-4-2-1-3-12(13)19-14(22)7-8-20-17(23)15-10-5-6-11(9-10)16(15)18(20)24/h1-6,10-11,15-16,21H,7-9H2,(H,19,22)/t10-,11-,15-,16-/m0/s1. The molecule has 3 amide bonds. The van der Waals surface area contributed by atoms with Crippen LogP contribution in [0, 0.1) is 23.7 Å². The molecule has 1 saturated carbocycles. The fourth-order valence-electron chi connectivity index (χ4n) is 4.19. The predicted octanol–water partition coefficient (Wildman–Crippen LogP) is 1.53. The minimum atomic E-state index is -0.338. The van der Waals surface area contributed by atoms with Crippen molar-refractivity contribution in [2.75, 3.05) is 11.9 Å². The van der Waals surface area contributed by atoms with E-state index in [-0.39, 0.29) is 60.1 Å². The number of allylic oxidation sites excluding steroid dienone is 2. The van der Waals surface area contributed by atoms with Crippen LogP contribution in [0.4, 0.5) is 5.69 Å². The zero-order valence-corrected chi connectivity index (χ0v) is 13.0. The highest BCUT2D eigenvalue weighted by atomic mass is 16.3. The second-order valence-corrected chi connectivity index (χ2v) is 6.64. The first-order chi connectivity index (χ1) is 11.6. The van der Waals surface area contributed by atoms with Gasteiger partial charge in [0.1, 0.15) is 5.75 Å². The number of likely N-dealkylation sites (tertiary alicyclic amines) is 1. The first-order valence-corrected chi connectivity index (χ1v) is 8.17. The number of nitrogens with one attached hydrogen (secondary N) is 1. The van der Waals surface area contributed by atoms with Crippen LogP contribution in [0.25, 0.3) is 0 Å². The third kappa shape index (κ3) is 2.21. The topological polar surface area (TPSA) is 86.7 Å². The molecule has 0 aromatic heterocycles. The molecule has 0 unspecified atom stereocenters. The molecule has 124 valence electrons. The van der Waals surface area contributed by atoms with Crippen molar-refractivity contribution in [3.8, 4) is 5.75 Å². The Labute approximate surface area is 139 Å². The van der Waals surface area contributed by atoms with Crippen molar-refractivity contribution in [2.24, 2.45) is 23.7 Å². The molecule has 1 saturated heterocycles. The molecule has 24 heavy (non-hydrogen) atoms. The van der Waals surface area contributed by atoms with Crippen LogP contribution in [0.2, 0.25) is 0 Å². The first-order valence-electron chi connectivity index (χ1n) is 8.17. The Balaban J connectivity index is 1.38. The van der Waals surface area contributed by atoms with Gasteiger partial charge in [-0.2, -0.15) is 0 Å². The van der Waals surface area contributed by atoms with Gasteiger partial charge in [-0.3, -0.25) is 19.3 Å². The van der Waals surface area contributed by atoms with Crippen LogP contribution >= 0.6 is 0 Å². The smallest absolute Gasteiger partial charge is 0.233 e. The van der Waals surface area contributed by atoms with E-state index in [1.165, 1.54) is 11.0 Å². The molecule has 1 aromatic rings. The summed E-state index contributed by atoms with van der Waals surface area (Å²) in [5, 5.41) is 12.3. The number of aromatic hydroxyl groups is 1. The van der Waals surface area contributed by atoms with Gasteiger partial charge in [0.15, 0.2) is 0 Å². The van der Waals surface area contributed by atoms with Crippen molar-refractivity contribution in [2.45, 2.75) is 12.8 Å². The lowest BCUT2D eigenvalue weighted by atomic mass is 9.85. The van der Waals surface area contributed by atoms with Gasteiger partial charge in [-0.25, -0.2) is 0 Å². The van der Waals surface area contributed by atoms with Gasteiger partial charge in [-0.1, -0.05) is 24.3 Å². The summed E-state index contributed by atoms with van der Waals surface area (Å²) in [5.74, 6) is -0.739. The summed E-state index contributed by atoms with van der Waals surface area (Å²) < 4.78 is 0. The predicted molar refractivity (Wildman–Crippen MR) is 85.8 cm³/mol. The number of phenols is 1. The number of imide groups is 1. The average molecular weight is 326 g/mol. The highest BCUT2D eigenvalue weighted by Crippen LogP contribution is 2.52. The molecule has 1 aromatic carbocycles. The van der Waals surface area contributed by atoms with Crippen molar-refractivity contribution in [1.82, 2.24) is 4.90 Å². The fourth-order valence-corrected chi connectivity index (χ4v) is 4.19. The highest BCUT2D eigenvalue weighted by Gasteiger charge is 2.58. The van der Waals surface area contributed by atoms with Gasteiger partial charge < -0.3 is 10.4 Å². The maximum absolute atomic E-state index is 12.5. The van der Waals surface area contributed by atoms with Gasteiger partial charge in [0, 0.05) is 13.0 Å². The molecule has 2 N–H and O–H groups in total. The second-order valence-electron chi connectivity index (χ2n) is 6.64. The number of carbonyl (C=O) groups excluding carboxylic acids is 3. The minimum Gasteiger partial charge on any atom is -0.506 e. The zero-order valence-electron chi connectivity index (χ0n) is 13.0. The van der Waals surface area contributed by atoms with Crippen molar-refractivity contribution in [3.05, 3.63) is 36.4 Å². The molecule has 6 nitrogen and oxygen atoms in total. The van der Waals surface area contributed by atoms with E-state index in [0.717, 1.165) is 6.42 Å². The number of para-hydroxylation sites is 2. The van der Waals surface area contributed by atoms with Crippen LogP contribution < -0.4 is 5.32 Å². The normalized spacial score (nSPS) is 30.1. The Kier molecular flexibility index (Phi) is 3.40. The molecule has 6 heteroatoms. The molecule has 0 spiro atoms. The highest BCUT2D eigenvalue weighted by molar-refractivity contribution is 6.06. The summed E-state index contributed by atoms with van der Waals surface area (Å²) in [5.41, 5.74) is 0.320. The Morgan fingerprint density at radius 3 is 2.38 bits per heavy atom. The van der Waals surface area contributed by atoms with E-state index in [1.54, 1.807) is 18.2 Å². The molecule has 3 aliphatic rings. The van der Waals surface area contributed by atoms with Crippen LogP contribution in [-0.4, -0.2) is 34.3 Å². The van der Waals surface area contributed by atoms with Gasteiger partial charge in [0.2, 0.25) is 17.7 Å². The van der Waals surface area contributed by atoms with Crippen molar-refractivity contribution in [3.63, 3.8) is 0 Å². The fraction of sp³-hybridized carbons (Fsp3) is 0.389. The van der Waals surface area contributed by atoms with Crippen LogP contribution in [0.3, 0.4) is 0 Å². The number of fused-ring (bicyclic) bond motifs is 5. The Hall–Kier alpha value is -2.63. The van der Waals surface area contributed by atoms with Crippen LogP contribution in [0.5, 0.6) is 5.75 Å². The minimum absolute atomic E-state index is 0.0173. The summed E-state index contributed by atoms with van der Waals surface area (Å²) in [4.78, 5) is 38.3. The number of hydrogen-bond acceptors (Lipinski definition) is 4. The summed E-state index contributed by atoms with van der Waals surface area (Å²) in [6.45, 7) is 0.0868. The van der Waals surface area contributed by atoms with E-state index >= 15 is 0 Å². The molecule has 4 rings (SSSR count). The molecular weight excluding hydrogens is 308 g/mol. The van der Waals surface area contributed by atoms with Gasteiger partial charge in [-0.15, -0.1) is 0 Å². The Morgan fingerprint density at radius 1 is 1.12 bits per heavy atom. The van der Waals surface area contributed by atoms with Crippen LogP contribution in [0.1, 0.15) is 12.8 Å². The average Bonchev–Trinajstić information content (AvgIpc) is 3.23. The SMILES string of the molecule is O=C(CCN1C(=O)[C@@H]2[C@@H](C1=O)[C@H]1C=C[C@H]2C1)Nc1ccccc1O. The molecule has 0 radical (unpaired) electrons. The number of nitrogens with zero attached hydrogens (tertiary/aromatic N) is 1. The quantitative estimate of drug-likeness (QED) is 0.499. The number of carbonyl (C=O) groups is 3. The molecule has 4 atom stereocenters. The first kappa shape index (κ1) is 14.9. The maximum Gasteiger partial charge on any atom is 0.233 e. The summed E-state index contributed by atoms with van der Waals surface area (Å²) in [7, 11) is 0. The number of amides is 3. The number of hydrogen-bond donors (Lipinski definition) is 2. The molecule has 1 aliphatic heterocycles. The zero-order chi connectivity index (χ0) is 16.8. The summed E-state index contributed by atoms with van der Waals surface area (Å²) >= 11 is 0. The second kappa shape index (κ2) is 5.47. The largest absolute Gasteiger partial charge is 0.506 e. The summed E-state index contributed by atoms with van der Waals surface area (Å²) in [6, 6.07) is 6.43. The monoisotopic (exact) mass is 326 g/mol.